The number of hydrogen-bond acceptors (Lipinski definition) is 3. The van der Waals surface area contributed by atoms with Crippen molar-refractivity contribution in [3.05, 3.63) is 58.7 Å². The number of rotatable bonds is 4. The third kappa shape index (κ3) is 2.92. The lowest BCUT2D eigenvalue weighted by Crippen LogP contribution is -2.13. The van der Waals surface area contributed by atoms with Crippen molar-refractivity contribution in [3.8, 4) is 11.3 Å². The number of carbonyl (C=O) groups excluding carboxylic acids is 1. The predicted molar refractivity (Wildman–Crippen MR) is 92.6 cm³/mol. The molecule has 1 N–H and O–H groups in total. The summed E-state index contributed by atoms with van der Waals surface area (Å²) in [5.74, 6) is 1.18. The van der Waals surface area contributed by atoms with Gasteiger partial charge < -0.3 is 9.88 Å². The lowest BCUT2D eigenvalue weighted by molar-refractivity contribution is -0.115. The Labute approximate surface area is 138 Å². The first-order valence-corrected chi connectivity index (χ1v) is 8.64. The fourth-order valence-electron chi connectivity index (χ4n) is 3.02. The van der Waals surface area contributed by atoms with Gasteiger partial charge in [-0.25, -0.2) is 4.98 Å². The maximum absolute atomic E-state index is 12.1. The van der Waals surface area contributed by atoms with Crippen LogP contribution >= 0.6 is 11.3 Å². The molecule has 0 aliphatic carbocycles. The Kier molecular flexibility index (Phi) is 3.71. The number of aromatic nitrogens is 2. The highest BCUT2D eigenvalue weighted by Gasteiger charge is 2.16. The highest BCUT2D eigenvalue weighted by Crippen LogP contribution is 2.27. The van der Waals surface area contributed by atoms with Gasteiger partial charge in [0.1, 0.15) is 5.82 Å². The summed E-state index contributed by atoms with van der Waals surface area (Å²) in [6, 6.07) is 11.9. The average Bonchev–Trinajstić information content (AvgIpc) is 3.24. The second kappa shape index (κ2) is 6.01. The molecule has 3 aromatic rings. The first-order valence-electron chi connectivity index (χ1n) is 7.77. The molecule has 0 fully saturated rings. The van der Waals surface area contributed by atoms with Gasteiger partial charge in [0.25, 0.3) is 0 Å². The highest BCUT2D eigenvalue weighted by atomic mass is 32.1. The van der Waals surface area contributed by atoms with E-state index in [1.54, 1.807) is 11.3 Å². The number of nitrogens with one attached hydrogen (secondary N) is 1. The molecule has 4 rings (SSSR count). The van der Waals surface area contributed by atoms with Gasteiger partial charge >= 0.3 is 0 Å². The van der Waals surface area contributed by atoms with Crippen molar-refractivity contribution in [3.63, 3.8) is 0 Å². The van der Waals surface area contributed by atoms with Gasteiger partial charge in [0, 0.05) is 29.1 Å². The van der Waals surface area contributed by atoms with Crippen molar-refractivity contribution in [2.24, 2.45) is 0 Å². The summed E-state index contributed by atoms with van der Waals surface area (Å²) >= 11 is 1.60. The number of anilines is 1. The highest BCUT2D eigenvalue weighted by molar-refractivity contribution is 7.10. The predicted octanol–water partition coefficient (Wildman–Crippen LogP) is 3.74. The molecule has 0 atom stereocenters. The van der Waals surface area contributed by atoms with Gasteiger partial charge in [-0.1, -0.05) is 18.2 Å². The van der Waals surface area contributed by atoms with E-state index in [-0.39, 0.29) is 5.91 Å². The largest absolute Gasteiger partial charge is 0.328 e. The maximum atomic E-state index is 12.1. The summed E-state index contributed by atoms with van der Waals surface area (Å²) in [5, 5.41) is 4.98. The number of hydrogen-bond donors (Lipinski definition) is 1. The molecule has 3 heterocycles. The number of fused-ring (bicyclic) bond motifs is 1. The lowest BCUT2D eigenvalue weighted by atomic mass is 10.1. The number of carbonyl (C=O) groups is 1. The van der Waals surface area contributed by atoms with Gasteiger partial charge in [0.15, 0.2) is 0 Å². The monoisotopic (exact) mass is 323 g/mol. The molecule has 23 heavy (non-hydrogen) atoms. The third-order valence-electron chi connectivity index (χ3n) is 4.08. The van der Waals surface area contributed by atoms with Crippen LogP contribution in [0.25, 0.3) is 11.3 Å². The summed E-state index contributed by atoms with van der Waals surface area (Å²) in [7, 11) is 0. The minimum absolute atomic E-state index is 0.0168. The summed E-state index contributed by atoms with van der Waals surface area (Å²) in [6.45, 7) is 1.03. The summed E-state index contributed by atoms with van der Waals surface area (Å²) in [4.78, 5) is 17.7. The molecule has 5 heteroatoms. The van der Waals surface area contributed by atoms with E-state index in [1.165, 1.54) is 0 Å². The zero-order valence-corrected chi connectivity index (χ0v) is 13.5. The molecular weight excluding hydrogens is 306 g/mol. The van der Waals surface area contributed by atoms with Crippen LogP contribution in [0.2, 0.25) is 0 Å². The molecule has 0 bridgehead atoms. The lowest BCUT2D eigenvalue weighted by Gasteiger charge is -2.08. The molecule has 0 unspecified atom stereocenters. The third-order valence-corrected chi connectivity index (χ3v) is 4.95. The minimum Gasteiger partial charge on any atom is -0.328 e. The molecule has 0 radical (unpaired) electrons. The second-order valence-electron chi connectivity index (χ2n) is 5.70. The molecule has 1 amide bonds. The Morgan fingerprint density at radius 1 is 1.30 bits per heavy atom. The van der Waals surface area contributed by atoms with Crippen LogP contribution in [0.1, 0.15) is 17.1 Å². The molecule has 0 saturated carbocycles. The number of nitrogens with zero attached hydrogens (tertiary/aromatic N) is 2. The van der Waals surface area contributed by atoms with Crippen molar-refractivity contribution >= 4 is 22.9 Å². The Morgan fingerprint density at radius 2 is 2.26 bits per heavy atom. The van der Waals surface area contributed by atoms with Crippen LogP contribution in [0.4, 0.5) is 5.69 Å². The fraction of sp³-hybridized carbons (Fsp3) is 0.222. The van der Waals surface area contributed by atoms with Crippen molar-refractivity contribution in [1.82, 2.24) is 9.55 Å². The standard InChI is InChI=1S/C18H17N3OS/c22-18(11-15-6-3-9-23-15)20-14-5-1-4-13(10-14)16-12-19-17-7-2-8-21(16)17/h1,3-6,9-10,12H,2,7-8,11H2,(H,20,22). The molecule has 4 nitrogen and oxygen atoms in total. The van der Waals surface area contributed by atoms with E-state index >= 15 is 0 Å². The minimum atomic E-state index is 0.0168. The van der Waals surface area contributed by atoms with Gasteiger partial charge in [0.2, 0.25) is 5.91 Å². The number of thiophene rings is 1. The van der Waals surface area contributed by atoms with E-state index in [2.05, 4.69) is 20.9 Å². The molecule has 116 valence electrons. The van der Waals surface area contributed by atoms with Crippen LogP contribution in [0.3, 0.4) is 0 Å². The topological polar surface area (TPSA) is 46.9 Å². The van der Waals surface area contributed by atoms with Crippen molar-refractivity contribution in [2.75, 3.05) is 5.32 Å². The van der Waals surface area contributed by atoms with Crippen LogP contribution in [0, 0.1) is 0 Å². The Bertz CT molecular complexity index is 836. The van der Waals surface area contributed by atoms with Crippen molar-refractivity contribution in [1.29, 1.82) is 0 Å². The van der Waals surface area contributed by atoms with Gasteiger partial charge in [-0.2, -0.15) is 0 Å². The van der Waals surface area contributed by atoms with Crippen LogP contribution in [-0.2, 0) is 24.2 Å². The number of aryl methyl sites for hydroxylation is 1. The smallest absolute Gasteiger partial charge is 0.229 e. The van der Waals surface area contributed by atoms with Crippen LogP contribution in [0.15, 0.2) is 48.0 Å². The van der Waals surface area contributed by atoms with E-state index in [9.17, 15) is 4.79 Å². The average molecular weight is 323 g/mol. The van der Waals surface area contributed by atoms with Gasteiger partial charge in [-0.3, -0.25) is 4.79 Å². The maximum Gasteiger partial charge on any atom is 0.229 e. The molecular formula is C18H17N3OS. The molecule has 0 saturated heterocycles. The van der Waals surface area contributed by atoms with Crippen molar-refractivity contribution in [2.45, 2.75) is 25.8 Å². The normalized spacial score (nSPS) is 13.0. The van der Waals surface area contributed by atoms with E-state index < -0.39 is 0 Å². The van der Waals surface area contributed by atoms with E-state index in [0.717, 1.165) is 47.0 Å². The SMILES string of the molecule is O=C(Cc1cccs1)Nc1cccc(-c2cnc3n2CCC3)c1. The zero-order chi connectivity index (χ0) is 15.6. The molecule has 1 aliphatic rings. The van der Waals surface area contributed by atoms with Gasteiger partial charge in [0.05, 0.1) is 18.3 Å². The first kappa shape index (κ1) is 14.2. The summed E-state index contributed by atoms with van der Waals surface area (Å²) in [5.41, 5.74) is 3.06. The van der Waals surface area contributed by atoms with Crippen molar-refractivity contribution < 1.29 is 4.79 Å². The number of benzene rings is 1. The van der Waals surface area contributed by atoms with Gasteiger partial charge in [-0.15, -0.1) is 11.3 Å². The van der Waals surface area contributed by atoms with E-state index in [0.29, 0.717) is 6.42 Å². The van der Waals surface area contributed by atoms with Crippen LogP contribution in [0.5, 0.6) is 0 Å². The van der Waals surface area contributed by atoms with E-state index in [4.69, 9.17) is 0 Å². The van der Waals surface area contributed by atoms with Gasteiger partial charge in [-0.05, 0) is 30.0 Å². The zero-order valence-electron chi connectivity index (χ0n) is 12.7. The van der Waals surface area contributed by atoms with Crippen LogP contribution in [-0.4, -0.2) is 15.5 Å². The molecule has 0 spiro atoms. The number of imidazole rings is 1. The quantitative estimate of drug-likeness (QED) is 0.795. The Balaban J connectivity index is 1.53. The summed E-state index contributed by atoms with van der Waals surface area (Å²) in [6.07, 6.45) is 4.57. The summed E-state index contributed by atoms with van der Waals surface area (Å²) < 4.78 is 2.27. The molecule has 1 aliphatic heterocycles. The fourth-order valence-corrected chi connectivity index (χ4v) is 3.73. The number of amides is 1. The molecule has 1 aromatic carbocycles. The second-order valence-corrected chi connectivity index (χ2v) is 6.73. The Hall–Kier alpha value is -2.40. The van der Waals surface area contributed by atoms with E-state index in [1.807, 2.05) is 41.9 Å². The molecule has 2 aromatic heterocycles. The first-order chi connectivity index (χ1) is 11.3. The van der Waals surface area contributed by atoms with Crippen LogP contribution < -0.4 is 5.32 Å². The Morgan fingerprint density at radius 3 is 3.13 bits per heavy atom.